The van der Waals surface area contributed by atoms with Gasteiger partial charge in [-0.2, -0.15) is 0 Å². The number of carbonyl (C=O) groups is 2. The fourth-order valence-corrected chi connectivity index (χ4v) is 13.8. The summed E-state index contributed by atoms with van der Waals surface area (Å²) in [5.74, 6) is 13.0. The highest BCUT2D eigenvalue weighted by atomic mass is 16.5. The SMILES string of the molecule is CC(CCCc1ccccc1)CC1C#CC2CCCCC23CC#CC2(C)CC(OC3=O)C3C(C)(C4CCCCC4)CCC(O)C3(C1O)C2(O)CCC1=CC(=O)OC1. The molecule has 0 aromatic heterocycles. The average molecular weight is 779 g/mol. The second kappa shape index (κ2) is 15.8. The Hall–Kier alpha value is -3.10. The number of carbonyl (C=O) groups excluding carboxylic acids is 2. The van der Waals surface area contributed by atoms with Crippen molar-refractivity contribution >= 4 is 11.9 Å². The minimum atomic E-state index is -1.73. The predicted octanol–water partition coefficient (Wildman–Crippen LogP) is 8.27. The molecule has 12 atom stereocenters. The van der Waals surface area contributed by atoms with E-state index in [2.05, 4.69) is 61.8 Å². The van der Waals surface area contributed by atoms with Gasteiger partial charge in [-0.05, 0) is 106 Å². The number of fused-ring (bicyclic) bond motifs is 2. The predicted molar refractivity (Wildman–Crippen MR) is 219 cm³/mol. The van der Waals surface area contributed by atoms with Crippen molar-refractivity contribution in [2.45, 2.75) is 167 Å². The summed E-state index contributed by atoms with van der Waals surface area (Å²) in [6.45, 7) is 6.73. The lowest BCUT2D eigenvalue weighted by Gasteiger charge is -2.72. The fraction of sp³-hybridized carbons (Fsp3) is 0.720. The van der Waals surface area contributed by atoms with E-state index in [0.717, 1.165) is 76.2 Å². The molecule has 3 heterocycles. The van der Waals surface area contributed by atoms with Crippen LogP contribution in [0.1, 0.15) is 142 Å². The van der Waals surface area contributed by atoms with E-state index in [1.165, 1.54) is 18.1 Å². The minimum absolute atomic E-state index is 0.164. The first-order chi connectivity index (χ1) is 27.4. The molecular formula is C50H66O7. The Morgan fingerprint density at radius 1 is 0.930 bits per heavy atom. The van der Waals surface area contributed by atoms with Gasteiger partial charge in [0.15, 0.2) is 0 Å². The number of aliphatic hydroxyl groups is 3. The van der Waals surface area contributed by atoms with Crippen molar-refractivity contribution in [2.75, 3.05) is 6.61 Å². The maximum absolute atomic E-state index is 15.1. The normalized spacial score (nSPS) is 42.0. The fourth-order valence-electron chi connectivity index (χ4n) is 13.8. The van der Waals surface area contributed by atoms with Crippen LogP contribution in [0.2, 0.25) is 0 Å². The number of ether oxygens (including phenoxy) is 2. The highest BCUT2D eigenvalue weighted by Crippen LogP contribution is 2.72. The zero-order chi connectivity index (χ0) is 40.1. The molecule has 57 heavy (non-hydrogen) atoms. The topological polar surface area (TPSA) is 113 Å². The number of hydrogen-bond donors (Lipinski definition) is 3. The quantitative estimate of drug-likeness (QED) is 0.162. The Morgan fingerprint density at radius 3 is 2.46 bits per heavy atom. The molecule has 1 aromatic rings. The van der Waals surface area contributed by atoms with Crippen LogP contribution < -0.4 is 0 Å². The van der Waals surface area contributed by atoms with Crippen molar-refractivity contribution in [2.24, 2.45) is 51.2 Å². The van der Waals surface area contributed by atoms with Gasteiger partial charge in [0.05, 0.1) is 34.1 Å². The number of benzene rings is 1. The summed E-state index contributed by atoms with van der Waals surface area (Å²) < 4.78 is 12.4. The van der Waals surface area contributed by atoms with E-state index in [1.54, 1.807) is 0 Å². The minimum Gasteiger partial charge on any atom is -0.461 e. The van der Waals surface area contributed by atoms with E-state index < -0.39 is 57.4 Å². The van der Waals surface area contributed by atoms with Crippen LogP contribution in [0.3, 0.4) is 0 Å². The molecule has 7 nitrogen and oxygen atoms in total. The second-order valence-corrected chi connectivity index (χ2v) is 20.0. The molecule has 1 aromatic carbocycles. The number of aliphatic hydroxyl groups excluding tert-OH is 2. The summed E-state index contributed by atoms with van der Waals surface area (Å²) in [6.07, 6.45) is 13.1. The van der Waals surface area contributed by atoms with Gasteiger partial charge in [0.25, 0.3) is 0 Å². The number of hydrogen-bond acceptors (Lipinski definition) is 7. The third-order valence-electron chi connectivity index (χ3n) is 16.9. The second-order valence-electron chi connectivity index (χ2n) is 20.0. The maximum Gasteiger partial charge on any atom is 0.331 e. The molecule has 4 aliphatic carbocycles. The van der Waals surface area contributed by atoms with Crippen molar-refractivity contribution in [1.82, 2.24) is 0 Å². The van der Waals surface area contributed by atoms with Gasteiger partial charge in [-0.25, -0.2) is 4.79 Å². The molecule has 1 spiro atoms. The van der Waals surface area contributed by atoms with Crippen LogP contribution in [0.15, 0.2) is 42.0 Å². The van der Waals surface area contributed by atoms with Crippen LogP contribution in [-0.2, 0) is 25.5 Å². The van der Waals surface area contributed by atoms with E-state index in [9.17, 15) is 20.1 Å². The standard InChI is InChI=1S/C50H66O7/c1-34(14-12-17-35-15-6-4-7-16-35)30-37-21-22-39-20-10-11-26-48(39)27-13-25-46(2)32-40(57-45(48)54)43-47(3,38-18-8-5-9-19-38)28-24-41(51)50(43,44(37)53)49(46,55)29-23-36-31-42(52)56-33-36/h4,6-7,15-16,31,34,37-41,43-44,51,53,55H,5,8-12,14,17-20,23-24,26-30,32-33H2,1-3H3. The van der Waals surface area contributed by atoms with Crippen LogP contribution in [0.5, 0.6) is 0 Å². The summed E-state index contributed by atoms with van der Waals surface area (Å²) in [5.41, 5.74) is -3.67. The van der Waals surface area contributed by atoms with Crippen LogP contribution >= 0.6 is 0 Å². The van der Waals surface area contributed by atoms with Gasteiger partial charge in [-0.15, -0.1) is 5.92 Å². The molecule has 7 heteroatoms. The largest absolute Gasteiger partial charge is 0.461 e. The third-order valence-corrected chi connectivity index (χ3v) is 16.9. The van der Waals surface area contributed by atoms with Gasteiger partial charge in [-0.3, -0.25) is 4.79 Å². The molecule has 0 amide bonds. The number of rotatable bonds is 10. The van der Waals surface area contributed by atoms with Crippen LogP contribution in [0.25, 0.3) is 0 Å². The Morgan fingerprint density at radius 2 is 1.70 bits per heavy atom. The summed E-state index contributed by atoms with van der Waals surface area (Å²) >= 11 is 0. The third kappa shape index (κ3) is 6.81. The van der Waals surface area contributed by atoms with Crippen LogP contribution in [0, 0.1) is 74.9 Å². The molecule has 4 bridgehead atoms. The van der Waals surface area contributed by atoms with Crippen LogP contribution in [-0.4, -0.2) is 57.8 Å². The molecule has 12 unspecified atom stereocenters. The first-order valence-electron chi connectivity index (χ1n) is 22.6. The van der Waals surface area contributed by atoms with Gasteiger partial charge in [0.1, 0.15) is 12.7 Å². The lowest BCUT2D eigenvalue weighted by Crippen LogP contribution is -2.80. The van der Waals surface area contributed by atoms with Crippen molar-refractivity contribution in [3.8, 4) is 23.7 Å². The molecule has 0 saturated heterocycles. The van der Waals surface area contributed by atoms with E-state index in [4.69, 9.17) is 9.47 Å². The summed E-state index contributed by atoms with van der Waals surface area (Å²) in [5, 5.41) is 41.1. The van der Waals surface area contributed by atoms with Crippen molar-refractivity contribution in [3.63, 3.8) is 0 Å². The highest BCUT2D eigenvalue weighted by Gasteiger charge is 2.78. The molecule has 4 saturated carbocycles. The van der Waals surface area contributed by atoms with Gasteiger partial charge in [0, 0.05) is 36.7 Å². The zero-order valence-corrected chi connectivity index (χ0v) is 34.7. The van der Waals surface area contributed by atoms with Gasteiger partial charge < -0.3 is 24.8 Å². The van der Waals surface area contributed by atoms with Gasteiger partial charge in [-0.1, -0.05) is 100 Å². The van der Waals surface area contributed by atoms with Crippen molar-refractivity contribution in [1.29, 1.82) is 0 Å². The average Bonchev–Trinajstić information content (AvgIpc) is 3.64. The Kier molecular flexibility index (Phi) is 11.3. The van der Waals surface area contributed by atoms with Gasteiger partial charge >= 0.3 is 11.9 Å². The van der Waals surface area contributed by atoms with E-state index >= 15 is 4.79 Å². The molecule has 3 aliphatic heterocycles. The Labute approximate surface area is 341 Å². The molecule has 4 fully saturated rings. The molecule has 308 valence electrons. The molecule has 7 aliphatic rings. The zero-order valence-electron chi connectivity index (χ0n) is 34.7. The van der Waals surface area contributed by atoms with E-state index in [-0.39, 0.29) is 42.7 Å². The molecule has 0 radical (unpaired) electrons. The van der Waals surface area contributed by atoms with Crippen molar-refractivity contribution < 1.29 is 34.4 Å². The summed E-state index contributed by atoms with van der Waals surface area (Å²) in [4.78, 5) is 27.4. The molecule has 8 rings (SSSR count). The monoisotopic (exact) mass is 778 g/mol. The highest BCUT2D eigenvalue weighted by molar-refractivity contribution is 5.85. The lowest BCUT2D eigenvalue weighted by molar-refractivity contribution is -0.342. The molecular weight excluding hydrogens is 713 g/mol. The molecule has 3 N–H and O–H groups in total. The Balaban J connectivity index is 1.32. The smallest absolute Gasteiger partial charge is 0.331 e. The number of aryl methyl sites for hydroxylation is 1. The van der Waals surface area contributed by atoms with Gasteiger partial charge in [0.2, 0.25) is 0 Å². The summed E-state index contributed by atoms with van der Waals surface area (Å²) in [7, 11) is 0. The van der Waals surface area contributed by atoms with Crippen molar-refractivity contribution in [3.05, 3.63) is 47.5 Å². The maximum atomic E-state index is 15.1. The first kappa shape index (κ1) is 40.7. The lowest BCUT2D eigenvalue weighted by atomic mass is 9.34. The first-order valence-corrected chi connectivity index (χ1v) is 22.6. The van der Waals surface area contributed by atoms with Crippen LogP contribution in [0.4, 0.5) is 0 Å². The number of esters is 2. The number of cyclic esters (lactones) is 1. The Bertz CT molecular complexity index is 1830. The van der Waals surface area contributed by atoms with E-state index in [0.29, 0.717) is 38.5 Å². The van der Waals surface area contributed by atoms with E-state index in [1.807, 2.05) is 13.0 Å². The summed E-state index contributed by atoms with van der Waals surface area (Å²) in [6, 6.07) is 10.6.